The molecule has 4 nitrogen and oxygen atoms in total. The van der Waals surface area contributed by atoms with Gasteiger partial charge in [0.05, 0.1) is 4.90 Å². The summed E-state index contributed by atoms with van der Waals surface area (Å²) in [6.07, 6.45) is 0.671. The number of halogens is 2. The number of sulfonamides is 1. The maximum Gasteiger partial charge on any atom is 0.243 e. The average molecular weight is 310 g/mol. The van der Waals surface area contributed by atoms with E-state index >= 15 is 0 Å². The van der Waals surface area contributed by atoms with Crippen LogP contribution in [-0.4, -0.2) is 37.5 Å². The van der Waals surface area contributed by atoms with Crippen LogP contribution < -0.4 is 0 Å². The van der Waals surface area contributed by atoms with Crippen molar-refractivity contribution in [3.05, 3.63) is 28.2 Å². The van der Waals surface area contributed by atoms with Crippen molar-refractivity contribution in [1.82, 2.24) is 4.31 Å². The van der Waals surface area contributed by atoms with Crippen LogP contribution >= 0.6 is 23.2 Å². The molecule has 18 heavy (non-hydrogen) atoms. The molecule has 1 fully saturated rings. The summed E-state index contributed by atoms with van der Waals surface area (Å²) in [7, 11) is -3.57. The summed E-state index contributed by atoms with van der Waals surface area (Å²) in [5, 5.41) is 9.63. The molecule has 7 heteroatoms. The van der Waals surface area contributed by atoms with Gasteiger partial charge in [0.1, 0.15) is 0 Å². The first kappa shape index (κ1) is 14.1. The molecule has 1 N–H and O–H groups in total. The molecular formula is C11H13Cl2NO3S. The predicted molar refractivity (Wildman–Crippen MR) is 70.4 cm³/mol. The number of aliphatic hydroxyl groups excluding tert-OH is 1. The van der Waals surface area contributed by atoms with Crippen LogP contribution in [0.1, 0.15) is 6.42 Å². The molecule has 1 aliphatic heterocycles. The molecule has 1 atom stereocenters. The van der Waals surface area contributed by atoms with E-state index in [9.17, 15) is 8.42 Å². The summed E-state index contributed by atoms with van der Waals surface area (Å²) in [6, 6.07) is 4.26. The lowest BCUT2D eigenvalue weighted by Crippen LogP contribution is -2.29. The Morgan fingerprint density at radius 2 is 1.89 bits per heavy atom. The zero-order chi connectivity index (χ0) is 13.3. The van der Waals surface area contributed by atoms with Gasteiger partial charge in [0.2, 0.25) is 10.0 Å². The first-order chi connectivity index (χ1) is 8.43. The van der Waals surface area contributed by atoms with Crippen LogP contribution in [0, 0.1) is 5.92 Å². The van der Waals surface area contributed by atoms with Gasteiger partial charge in [-0.1, -0.05) is 23.2 Å². The van der Waals surface area contributed by atoms with Crippen molar-refractivity contribution in [2.75, 3.05) is 19.7 Å². The van der Waals surface area contributed by atoms with Crippen molar-refractivity contribution < 1.29 is 13.5 Å². The second-order valence-corrected chi connectivity index (χ2v) is 7.12. The Kier molecular flexibility index (Phi) is 4.18. The summed E-state index contributed by atoms with van der Waals surface area (Å²) < 4.78 is 26.0. The molecule has 1 heterocycles. The second kappa shape index (κ2) is 5.35. The summed E-state index contributed by atoms with van der Waals surface area (Å²) in [5.74, 6) is 0.00873. The van der Waals surface area contributed by atoms with Crippen molar-refractivity contribution in [3.63, 3.8) is 0 Å². The highest BCUT2D eigenvalue weighted by Crippen LogP contribution is 2.28. The number of hydrogen-bond donors (Lipinski definition) is 1. The molecule has 0 bridgehead atoms. The second-order valence-electron chi connectivity index (χ2n) is 4.31. The van der Waals surface area contributed by atoms with Gasteiger partial charge in [-0.2, -0.15) is 4.31 Å². The highest BCUT2D eigenvalue weighted by atomic mass is 35.5. The summed E-state index contributed by atoms with van der Waals surface area (Å²) >= 11 is 11.6. The maximum absolute atomic E-state index is 12.3. The number of hydrogen-bond acceptors (Lipinski definition) is 3. The summed E-state index contributed by atoms with van der Waals surface area (Å²) in [5.41, 5.74) is 0. The Morgan fingerprint density at radius 3 is 2.39 bits per heavy atom. The highest BCUT2D eigenvalue weighted by Gasteiger charge is 2.32. The van der Waals surface area contributed by atoms with Crippen molar-refractivity contribution in [3.8, 4) is 0 Å². The zero-order valence-corrected chi connectivity index (χ0v) is 11.8. The fourth-order valence-electron chi connectivity index (χ4n) is 1.99. The lowest BCUT2D eigenvalue weighted by atomic mass is 10.1. The van der Waals surface area contributed by atoms with Crippen molar-refractivity contribution in [1.29, 1.82) is 0 Å². The monoisotopic (exact) mass is 309 g/mol. The van der Waals surface area contributed by atoms with Gasteiger partial charge in [0, 0.05) is 29.7 Å². The lowest BCUT2D eigenvalue weighted by Gasteiger charge is -2.16. The van der Waals surface area contributed by atoms with Gasteiger partial charge in [-0.3, -0.25) is 0 Å². The molecule has 0 aromatic heterocycles. The van der Waals surface area contributed by atoms with Crippen molar-refractivity contribution >= 4 is 33.2 Å². The van der Waals surface area contributed by atoms with E-state index in [-0.39, 0.29) is 17.4 Å². The SMILES string of the molecule is O=S(=O)(c1cc(Cl)cc(Cl)c1)N1CCC(CO)C1. The van der Waals surface area contributed by atoms with Crippen LogP contribution in [0.2, 0.25) is 10.0 Å². The van der Waals surface area contributed by atoms with Gasteiger partial charge in [0.25, 0.3) is 0 Å². The largest absolute Gasteiger partial charge is 0.396 e. The summed E-state index contributed by atoms with van der Waals surface area (Å²) in [4.78, 5) is 0.0959. The molecule has 0 amide bonds. The third-order valence-electron chi connectivity index (χ3n) is 2.98. The fourth-order valence-corrected chi connectivity index (χ4v) is 4.25. The number of benzene rings is 1. The molecule has 1 aliphatic rings. The first-order valence-corrected chi connectivity index (χ1v) is 7.70. The van der Waals surface area contributed by atoms with E-state index in [1.165, 1.54) is 22.5 Å². The molecule has 2 rings (SSSR count). The molecule has 0 aliphatic carbocycles. The molecule has 1 aromatic carbocycles. The summed E-state index contributed by atoms with van der Waals surface area (Å²) in [6.45, 7) is 0.753. The minimum atomic E-state index is -3.57. The molecule has 0 saturated carbocycles. The number of aliphatic hydroxyl groups is 1. The van der Waals surface area contributed by atoms with Crippen LogP contribution in [0.15, 0.2) is 23.1 Å². The van der Waals surface area contributed by atoms with Gasteiger partial charge in [-0.15, -0.1) is 0 Å². The molecule has 100 valence electrons. The predicted octanol–water partition coefficient (Wildman–Crippen LogP) is 2.00. The van der Waals surface area contributed by atoms with E-state index in [0.717, 1.165) is 0 Å². The van der Waals surface area contributed by atoms with Crippen LogP contribution in [0.3, 0.4) is 0 Å². The Labute approximate surface area is 116 Å². The van der Waals surface area contributed by atoms with Crippen LogP contribution in [0.5, 0.6) is 0 Å². The van der Waals surface area contributed by atoms with Crippen molar-refractivity contribution in [2.24, 2.45) is 5.92 Å². The van der Waals surface area contributed by atoms with E-state index < -0.39 is 10.0 Å². The van der Waals surface area contributed by atoms with Gasteiger partial charge >= 0.3 is 0 Å². The Hall–Kier alpha value is -0.330. The lowest BCUT2D eigenvalue weighted by molar-refractivity contribution is 0.233. The third kappa shape index (κ3) is 2.81. The van der Waals surface area contributed by atoms with Gasteiger partial charge in [-0.05, 0) is 30.5 Å². The first-order valence-electron chi connectivity index (χ1n) is 5.50. The minimum absolute atomic E-state index is 0.00230. The van der Waals surface area contributed by atoms with Crippen LogP contribution in [0.4, 0.5) is 0 Å². The Morgan fingerprint density at radius 1 is 1.28 bits per heavy atom. The van der Waals surface area contributed by atoms with Gasteiger partial charge in [0.15, 0.2) is 0 Å². The topological polar surface area (TPSA) is 57.6 Å². The third-order valence-corrected chi connectivity index (χ3v) is 5.26. The van der Waals surface area contributed by atoms with E-state index in [1.54, 1.807) is 0 Å². The molecule has 1 saturated heterocycles. The number of rotatable bonds is 3. The minimum Gasteiger partial charge on any atom is -0.396 e. The smallest absolute Gasteiger partial charge is 0.243 e. The molecular weight excluding hydrogens is 297 g/mol. The molecule has 0 radical (unpaired) electrons. The Bertz CT molecular complexity index is 527. The van der Waals surface area contributed by atoms with Crippen molar-refractivity contribution in [2.45, 2.75) is 11.3 Å². The van der Waals surface area contributed by atoms with E-state index in [2.05, 4.69) is 0 Å². The molecule has 0 spiro atoms. The van der Waals surface area contributed by atoms with Crippen LogP contribution in [-0.2, 0) is 10.0 Å². The highest BCUT2D eigenvalue weighted by molar-refractivity contribution is 7.89. The average Bonchev–Trinajstić information content (AvgIpc) is 2.76. The molecule has 1 unspecified atom stereocenters. The van der Waals surface area contributed by atoms with Gasteiger partial charge < -0.3 is 5.11 Å². The quantitative estimate of drug-likeness (QED) is 0.929. The molecule has 1 aromatic rings. The Balaban J connectivity index is 2.31. The van der Waals surface area contributed by atoms with E-state index in [0.29, 0.717) is 29.6 Å². The fraction of sp³-hybridized carbons (Fsp3) is 0.455. The van der Waals surface area contributed by atoms with Crippen LogP contribution in [0.25, 0.3) is 0 Å². The number of nitrogens with zero attached hydrogens (tertiary/aromatic N) is 1. The van der Waals surface area contributed by atoms with E-state index in [4.69, 9.17) is 28.3 Å². The van der Waals surface area contributed by atoms with E-state index in [1.807, 2.05) is 0 Å². The normalized spacial score (nSPS) is 21.4. The standard InChI is InChI=1S/C11H13Cl2NO3S/c12-9-3-10(13)5-11(4-9)18(16,17)14-2-1-8(6-14)7-15/h3-5,8,15H,1-2,6-7H2. The van der Waals surface area contributed by atoms with Gasteiger partial charge in [-0.25, -0.2) is 8.42 Å². The maximum atomic E-state index is 12.3. The zero-order valence-electron chi connectivity index (χ0n) is 9.51.